The molecule has 4 aromatic rings. The zero-order valence-corrected chi connectivity index (χ0v) is 21.5. The highest BCUT2D eigenvalue weighted by molar-refractivity contribution is 7.80. The van der Waals surface area contributed by atoms with Crippen LogP contribution in [-0.4, -0.2) is 32.0 Å². The van der Waals surface area contributed by atoms with E-state index in [9.17, 15) is 9.18 Å². The fraction of sp³-hybridized carbons (Fsp3) is 0.207. The van der Waals surface area contributed by atoms with Gasteiger partial charge in [0.1, 0.15) is 5.82 Å². The van der Waals surface area contributed by atoms with Gasteiger partial charge in [0.15, 0.2) is 5.11 Å². The van der Waals surface area contributed by atoms with E-state index in [-0.39, 0.29) is 30.2 Å². The maximum Gasteiger partial charge on any atom is 0.226 e. The van der Waals surface area contributed by atoms with Crippen LogP contribution in [0.3, 0.4) is 0 Å². The summed E-state index contributed by atoms with van der Waals surface area (Å²) in [5.41, 5.74) is 5.02. The number of carbonyl (C=O) groups is 1. The van der Waals surface area contributed by atoms with Crippen molar-refractivity contribution in [2.75, 3.05) is 11.9 Å². The molecule has 0 saturated carbocycles. The third-order valence-corrected chi connectivity index (χ3v) is 6.99. The topological polar surface area (TPSA) is 62.2 Å². The van der Waals surface area contributed by atoms with Crippen LogP contribution in [0.15, 0.2) is 85.2 Å². The minimum absolute atomic E-state index is 0.0963. The van der Waals surface area contributed by atoms with Crippen LogP contribution in [-0.2, 0) is 4.79 Å². The molecule has 188 valence electrons. The zero-order valence-electron chi connectivity index (χ0n) is 20.7. The van der Waals surface area contributed by atoms with Crippen LogP contribution in [0.2, 0.25) is 0 Å². The van der Waals surface area contributed by atoms with Crippen molar-refractivity contribution in [2.24, 2.45) is 0 Å². The summed E-state index contributed by atoms with van der Waals surface area (Å²) in [6.45, 7) is 4.36. The molecular weight excluding hydrogens is 485 g/mol. The van der Waals surface area contributed by atoms with E-state index in [0.717, 1.165) is 28.2 Å². The van der Waals surface area contributed by atoms with Gasteiger partial charge in [-0.1, -0.05) is 30.3 Å². The van der Waals surface area contributed by atoms with Crippen LogP contribution >= 0.6 is 12.2 Å². The number of aryl methyl sites for hydroxylation is 2. The maximum absolute atomic E-state index is 14.8. The number of hydrogen-bond acceptors (Lipinski definition) is 3. The van der Waals surface area contributed by atoms with Gasteiger partial charge in [0.2, 0.25) is 5.91 Å². The number of carbonyl (C=O) groups excluding carboxylic acids is 1. The number of thiocarbonyl (C=S) groups is 1. The number of hydrogen-bond donors (Lipinski definition) is 2. The quantitative estimate of drug-likeness (QED) is 0.314. The lowest BCUT2D eigenvalue weighted by Crippen LogP contribution is -2.33. The summed E-state index contributed by atoms with van der Waals surface area (Å²) >= 11 is 5.75. The van der Waals surface area contributed by atoms with Gasteiger partial charge < -0.3 is 20.1 Å². The number of benzene rings is 2. The molecule has 3 heterocycles. The first kappa shape index (κ1) is 24.6. The Kier molecular flexibility index (Phi) is 7.01. The number of amides is 1. The summed E-state index contributed by atoms with van der Waals surface area (Å²) in [7, 11) is 0. The highest BCUT2D eigenvalue weighted by Gasteiger charge is 2.41. The molecule has 2 aromatic carbocycles. The van der Waals surface area contributed by atoms with Crippen molar-refractivity contribution in [3.05, 3.63) is 114 Å². The molecule has 1 aliphatic heterocycles. The summed E-state index contributed by atoms with van der Waals surface area (Å²) in [4.78, 5) is 19.5. The van der Waals surface area contributed by atoms with Crippen LogP contribution in [0.5, 0.6) is 0 Å². The van der Waals surface area contributed by atoms with Crippen molar-refractivity contribution < 1.29 is 9.18 Å². The zero-order chi connectivity index (χ0) is 25.9. The van der Waals surface area contributed by atoms with Gasteiger partial charge in [-0.25, -0.2) is 4.39 Å². The molecular formula is C29H28FN5OS. The molecule has 37 heavy (non-hydrogen) atoms. The third kappa shape index (κ3) is 5.11. The maximum atomic E-state index is 14.8. The van der Waals surface area contributed by atoms with Gasteiger partial charge in [0.25, 0.3) is 0 Å². The van der Waals surface area contributed by atoms with Crippen molar-refractivity contribution >= 4 is 28.9 Å². The Bertz CT molecular complexity index is 1440. The fourth-order valence-electron chi connectivity index (χ4n) is 4.77. The number of rotatable bonds is 7. The third-order valence-electron chi connectivity index (χ3n) is 6.64. The van der Waals surface area contributed by atoms with E-state index in [1.165, 1.54) is 6.07 Å². The Morgan fingerprint density at radius 1 is 1.08 bits per heavy atom. The van der Waals surface area contributed by atoms with Gasteiger partial charge in [-0.15, -0.1) is 0 Å². The fourth-order valence-corrected chi connectivity index (χ4v) is 5.11. The highest BCUT2D eigenvalue weighted by Crippen LogP contribution is 2.39. The Morgan fingerprint density at radius 3 is 2.68 bits per heavy atom. The molecule has 1 saturated heterocycles. The largest absolute Gasteiger partial charge is 0.352 e. The van der Waals surface area contributed by atoms with Gasteiger partial charge in [-0.2, -0.15) is 0 Å². The lowest BCUT2D eigenvalue weighted by Gasteiger charge is -2.29. The van der Waals surface area contributed by atoms with E-state index < -0.39 is 0 Å². The molecule has 6 nitrogen and oxygen atoms in total. The molecule has 1 amide bonds. The molecule has 2 N–H and O–H groups in total. The van der Waals surface area contributed by atoms with Crippen molar-refractivity contribution in [2.45, 2.75) is 32.4 Å². The number of halogens is 1. The lowest BCUT2D eigenvalue weighted by atomic mass is 10.0. The molecule has 2 atom stereocenters. The summed E-state index contributed by atoms with van der Waals surface area (Å²) in [5, 5.41) is 6.96. The molecule has 0 aliphatic carbocycles. The van der Waals surface area contributed by atoms with Crippen LogP contribution in [0.25, 0.3) is 5.69 Å². The van der Waals surface area contributed by atoms with Crippen LogP contribution in [0, 0.1) is 19.7 Å². The molecule has 0 radical (unpaired) electrons. The number of nitrogens with zero attached hydrogens (tertiary/aromatic N) is 3. The van der Waals surface area contributed by atoms with E-state index in [0.29, 0.717) is 17.3 Å². The summed E-state index contributed by atoms with van der Waals surface area (Å²) in [6.07, 6.45) is 3.82. The van der Waals surface area contributed by atoms with Crippen molar-refractivity contribution in [3.8, 4) is 5.69 Å². The first-order valence-corrected chi connectivity index (χ1v) is 12.6. The smallest absolute Gasteiger partial charge is 0.226 e. The van der Waals surface area contributed by atoms with Crippen LogP contribution in [0.4, 0.5) is 10.1 Å². The normalized spacial score (nSPS) is 17.1. The molecule has 2 aromatic heterocycles. The summed E-state index contributed by atoms with van der Waals surface area (Å²) < 4.78 is 16.6. The van der Waals surface area contributed by atoms with Crippen molar-refractivity contribution in [1.82, 2.24) is 19.8 Å². The second-order valence-corrected chi connectivity index (χ2v) is 9.58. The van der Waals surface area contributed by atoms with E-state index >= 15 is 0 Å². The van der Waals surface area contributed by atoms with Crippen LogP contribution < -0.4 is 10.6 Å². The van der Waals surface area contributed by atoms with Crippen molar-refractivity contribution in [3.63, 3.8) is 0 Å². The minimum atomic E-state index is -0.317. The van der Waals surface area contributed by atoms with Gasteiger partial charge >= 0.3 is 0 Å². The number of para-hydroxylation sites is 1. The highest BCUT2D eigenvalue weighted by atomic mass is 32.1. The molecule has 0 unspecified atom stereocenters. The Balaban J connectivity index is 1.45. The number of pyridine rings is 1. The number of aromatic nitrogens is 2. The minimum Gasteiger partial charge on any atom is -0.352 e. The Labute approximate surface area is 221 Å². The van der Waals surface area contributed by atoms with E-state index in [1.807, 2.05) is 84.1 Å². The first-order valence-electron chi connectivity index (χ1n) is 12.2. The summed E-state index contributed by atoms with van der Waals surface area (Å²) in [6, 6.07) is 21.7. The van der Waals surface area contributed by atoms with Crippen molar-refractivity contribution in [1.29, 1.82) is 0 Å². The predicted octanol–water partition coefficient (Wildman–Crippen LogP) is 5.63. The summed E-state index contributed by atoms with van der Waals surface area (Å²) in [5.74, 6) is -0.414. The molecule has 1 fully saturated rings. The van der Waals surface area contributed by atoms with Gasteiger partial charge in [0, 0.05) is 36.7 Å². The number of nitrogens with one attached hydrogen (secondary N) is 2. The van der Waals surface area contributed by atoms with Gasteiger partial charge in [0.05, 0.1) is 23.5 Å². The predicted molar refractivity (Wildman–Crippen MR) is 147 cm³/mol. The molecule has 5 rings (SSSR count). The van der Waals surface area contributed by atoms with E-state index in [4.69, 9.17) is 12.2 Å². The average molecular weight is 514 g/mol. The van der Waals surface area contributed by atoms with E-state index in [2.05, 4.69) is 15.6 Å². The molecule has 0 spiro atoms. The molecule has 0 bridgehead atoms. The Morgan fingerprint density at radius 2 is 1.89 bits per heavy atom. The Hall–Kier alpha value is -4.04. The monoisotopic (exact) mass is 513 g/mol. The average Bonchev–Trinajstić information content (AvgIpc) is 3.50. The molecule has 8 heteroatoms. The second kappa shape index (κ2) is 10.5. The SMILES string of the molecule is Cc1ccc(C)c(NC(=O)CCN2C(=S)N[C@H](c3ccccn3)[C@H]2c2cccn2-c2ccccc2F)c1. The first-order chi connectivity index (χ1) is 17.9. The number of anilines is 1. The van der Waals surface area contributed by atoms with Gasteiger partial charge in [-0.3, -0.25) is 9.78 Å². The standard InChI is InChI=1S/C29H28FN5OS/c1-19-12-13-20(2)23(18-19)32-26(36)14-17-35-28(27(33-29(35)37)22-9-5-6-15-31-22)25-11-7-16-34(25)24-10-4-3-8-21(24)30/h3-13,15-16,18,27-28H,14,17H2,1-2H3,(H,32,36)(H,33,37)/t27-,28-/m1/s1. The molecule has 1 aliphatic rings. The second-order valence-electron chi connectivity index (χ2n) is 9.19. The lowest BCUT2D eigenvalue weighted by molar-refractivity contribution is -0.116. The van der Waals surface area contributed by atoms with Crippen LogP contribution in [0.1, 0.15) is 41.0 Å². The van der Waals surface area contributed by atoms with E-state index in [1.54, 1.807) is 18.3 Å². The van der Waals surface area contributed by atoms with Gasteiger partial charge in [-0.05, 0) is 79.7 Å².